The number of halogens is 1. The molecule has 7 heteroatoms. The van der Waals surface area contributed by atoms with E-state index in [1.165, 1.54) is 0 Å². The molecule has 0 bridgehead atoms. The van der Waals surface area contributed by atoms with E-state index in [-0.39, 0.29) is 12.3 Å². The summed E-state index contributed by atoms with van der Waals surface area (Å²) in [6, 6.07) is 8.89. The summed E-state index contributed by atoms with van der Waals surface area (Å²) in [7, 11) is 4.66. The number of nitrogens with one attached hydrogen (secondary N) is 1. The van der Waals surface area contributed by atoms with Crippen molar-refractivity contribution in [2.75, 3.05) is 33.3 Å². The van der Waals surface area contributed by atoms with Crippen molar-refractivity contribution in [3.63, 3.8) is 0 Å². The van der Waals surface area contributed by atoms with Crippen LogP contribution in [0.5, 0.6) is 23.0 Å². The average molecular weight is 394 g/mol. The standard InChI is InChI=1S/C20H24ClNO5/c1-5-27-19-14(21)7-6-8-15(19)22-17(23)12-10-13-9-11-16(24-2)20(26-4)18(13)25-3/h6-9,11H,5,10,12H2,1-4H3,(H,22,23). The monoisotopic (exact) mass is 393 g/mol. The molecule has 1 amide bonds. The third-order valence-corrected chi connectivity index (χ3v) is 4.23. The van der Waals surface area contributed by atoms with Crippen molar-refractivity contribution in [3.05, 3.63) is 40.9 Å². The van der Waals surface area contributed by atoms with Gasteiger partial charge >= 0.3 is 0 Å². The zero-order chi connectivity index (χ0) is 19.8. The molecule has 0 aliphatic rings. The second-order valence-electron chi connectivity index (χ2n) is 5.59. The predicted octanol–water partition coefficient (Wildman–Crippen LogP) is 4.34. The smallest absolute Gasteiger partial charge is 0.224 e. The fraction of sp³-hybridized carbons (Fsp3) is 0.350. The summed E-state index contributed by atoms with van der Waals surface area (Å²) in [4.78, 5) is 12.4. The Bertz CT molecular complexity index is 794. The molecule has 6 nitrogen and oxygen atoms in total. The fourth-order valence-electron chi connectivity index (χ4n) is 2.72. The zero-order valence-electron chi connectivity index (χ0n) is 15.9. The SMILES string of the molecule is CCOc1c(Cl)cccc1NC(=O)CCc1ccc(OC)c(OC)c1OC. The average Bonchev–Trinajstić information content (AvgIpc) is 2.68. The lowest BCUT2D eigenvalue weighted by molar-refractivity contribution is -0.116. The molecule has 2 aromatic rings. The van der Waals surface area contributed by atoms with Gasteiger partial charge in [-0.1, -0.05) is 23.7 Å². The molecular formula is C20H24ClNO5. The molecule has 0 unspecified atom stereocenters. The maximum atomic E-state index is 12.4. The van der Waals surface area contributed by atoms with Crippen LogP contribution in [0.1, 0.15) is 18.9 Å². The van der Waals surface area contributed by atoms with Crippen LogP contribution >= 0.6 is 11.6 Å². The van der Waals surface area contributed by atoms with Crippen molar-refractivity contribution in [1.29, 1.82) is 0 Å². The Kier molecular flexibility index (Phi) is 7.61. The van der Waals surface area contributed by atoms with Crippen molar-refractivity contribution in [1.82, 2.24) is 0 Å². The lowest BCUT2D eigenvalue weighted by Crippen LogP contribution is -2.14. The molecule has 0 radical (unpaired) electrons. The molecule has 0 heterocycles. The second kappa shape index (κ2) is 9.92. The fourth-order valence-corrected chi connectivity index (χ4v) is 2.95. The number of hydrogen-bond acceptors (Lipinski definition) is 5. The minimum atomic E-state index is -0.157. The number of methoxy groups -OCH3 is 3. The maximum Gasteiger partial charge on any atom is 0.224 e. The van der Waals surface area contributed by atoms with E-state index >= 15 is 0 Å². The normalized spacial score (nSPS) is 10.3. The lowest BCUT2D eigenvalue weighted by Gasteiger charge is -2.16. The summed E-state index contributed by atoms with van der Waals surface area (Å²) < 4.78 is 21.6. The molecule has 0 saturated heterocycles. The van der Waals surface area contributed by atoms with Crippen LogP contribution in [0.2, 0.25) is 5.02 Å². The number of aryl methyl sites for hydroxylation is 1. The van der Waals surface area contributed by atoms with E-state index in [1.54, 1.807) is 45.6 Å². The number of hydrogen-bond donors (Lipinski definition) is 1. The van der Waals surface area contributed by atoms with Gasteiger partial charge in [0.05, 0.1) is 38.6 Å². The molecule has 0 aliphatic heterocycles. The van der Waals surface area contributed by atoms with E-state index in [9.17, 15) is 4.79 Å². The van der Waals surface area contributed by atoms with Crippen molar-refractivity contribution < 1.29 is 23.7 Å². The Hall–Kier alpha value is -2.60. The van der Waals surface area contributed by atoms with Crippen LogP contribution in [0.15, 0.2) is 30.3 Å². The number of para-hydroxylation sites is 1. The molecule has 146 valence electrons. The highest BCUT2D eigenvalue weighted by Crippen LogP contribution is 2.40. The molecule has 1 N–H and O–H groups in total. The van der Waals surface area contributed by atoms with Gasteiger partial charge in [-0.3, -0.25) is 4.79 Å². The van der Waals surface area contributed by atoms with Crippen LogP contribution in [-0.2, 0) is 11.2 Å². The largest absolute Gasteiger partial charge is 0.493 e. The quantitative estimate of drug-likeness (QED) is 0.686. The zero-order valence-corrected chi connectivity index (χ0v) is 16.7. The summed E-state index contributed by atoms with van der Waals surface area (Å²) in [5, 5.41) is 3.30. The van der Waals surface area contributed by atoms with E-state index in [1.807, 2.05) is 13.0 Å². The van der Waals surface area contributed by atoms with Gasteiger partial charge in [-0.2, -0.15) is 0 Å². The first-order valence-electron chi connectivity index (χ1n) is 8.54. The van der Waals surface area contributed by atoms with Gasteiger partial charge in [-0.15, -0.1) is 0 Å². The first-order valence-corrected chi connectivity index (χ1v) is 8.92. The van der Waals surface area contributed by atoms with Gasteiger partial charge in [0.25, 0.3) is 0 Å². The predicted molar refractivity (Wildman–Crippen MR) is 106 cm³/mol. The van der Waals surface area contributed by atoms with E-state index in [4.69, 9.17) is 30.5 Å². The molecular weight excluding hydrogens is 370 g/mol. The number of rotatable bonds is 9. The second-order valence-corrected chi connectivity index (χ2v) is 6.00. The van der Waals surface area contributed by atoms with E-state index in [0.29, 0.717) is 46.7 Å². The van der Waals surface area contributed by atoms with Crippen molar-refractivity contribution in [3.8, 4) is 23.0 Å². The Balaban J connectivity index is 2.12. The van der Waals surface area contributed by atoms with Gasteiger partial charge in [0.15, 0.2) is 17.2 Å². The van der Waals surface area contributed by atoms with Crippen LogP contribution in [0.3, 0.4) is 0 Å². The number of anilines is 1. The summed E-state index contributed by atoms with van der Waals surface area (Å²) in [6.07, 6.45) is 0.726. The van der Waals surface area contributed by atoms with Crippen LogP contribution in [-0.4, -0.2) is 33.8 Å². The molecule has 2 rings (SSSR count). The summed E-state index contributed by atoms with van der Waals surface area (Å²) in [5.41, 5.74) is 1.40. The van der Waals surface area contributed by atoms with Gasteiger partial charge < -0.3 is 24.3 Å². The summed E-state index contributed by atoms with van der Waals surface area (Å²) >= 11 is 6.15. The third kappa shape index (κ3) is 4.98. The summed E-state index contributed by atoms with van der Waals surface area (Å²) in [5.74, 6) is 1.95. The number of benzene rings is 2. The van der Waals surface area contributed by atoms with Crippen LogP contribution in [0, 0.1) is 0 Å². The number of amides is 1. The molecule has 0 aromatic heterocycles. The molecule has 27 heavy (non-hydrogen) atoms. The molecule has 0 saturated carbocycles. The van der Waals surface area contributed by atoms with Crippen molar-refractivity contribution in [2.45, 2.75) is 19.8 Å². The first kappa shape index (κ1) is 20.7. The molecule has 0 atom stereocenters. The highest BCUT2D eigenvalue weighted by molar-refractivity contribution is 6.32. The molecule has 0 fully saturated rings. The first-order chi connectivity index (χ1) is 13.0. The van der Waals surface area contributed by atoms with Crippen LogP contribution in [0.25, 0.3) is 0 Å². The van der Waals surface area contributed by atoms with Gasteiger partial charge in [0.1, 0.15) is 0 Å². The van der Waals surface area contributed by atoms with Crippen LogP contribution in [0.4, 0.5) is 5.69 Å². The molecule has 0 spiro atoms. The molecule has 2 aromatic carbocycles. The van der Waals surface area contributed by atoms with Crippen LogP contribution < -0.4 is 24.3 Å². The van der Waals surface area contributed by atoms with E-state index in [0.717, 1.165) is 5.56 Å². The minimum Gasteiger partial charge on any atom is -0.493 e. The molecule has 0 aliphatic carbocycles. The maximum absolute atomic E-state index is 12.4. The van der Waals surface area contributed by atoms with E-state index in [2.05, 4.69) is 5.32 Å². The van der Waals surface area contributed by atoms with Gasteiger partial charge in [0, 0.05) is 6.42 Å². The Labute approximate surface area is 164 Å². The third-order valence-electron chi connectivity index (χ3n) is 3.94. The Morgan fingerprint density at radius 2 is 1.74 bits per heavy atom. The Morgan fingerprint density at radius 1 is 1.00 bits per heavy atom. The number of carbonyl (C=O) groups excluding carboxylic acids is 1. The van der Waals surface area contributed by atoms with Crippen molar-refractivity contribution in [2.24, 2.45) is 0 Å². The number of carbonyl (C=O) groups is 1. The van der Waals surface area contributed by atoms with E-state index < -0.39 is 0 Å². The van der Waals surface area contributed by atoms with Crippen molar-refractivity contribution >= 4 is 23.2 Å². The highest BCUT2D eigenvalue weighted by atomic mass is 35.5. The summed E-state index contributed by atoms with van der Waals surface area (Å²) in [6.45, 7) is 2.31. The van der Waals surface area contributed by atoms with Gasteiger partial charge in [-0.05, 0) is 37.1 Å². The minimum absolute atomic E-state index is 0.157. The topological polar surface area (TPSA) is 66.0 Å². The van der Waals surface area contributed by atoms with Gasteiger partial charge in [-0.25, -0.2) is 0 Å². The van der Waals surface area contributed by atoms with Gasteiger partial charge in [0.2, 0.25) is 11.7 Å². The highest BCUT2D eigenvalue weighted by Gasteiger charge is 2.17. The number of ether oxygens (including phenoxy) is 4. The lowest BCUT2D eigenvalue weighted by atomic mass is 10.1. The Morgan fingerprint density at radius 3 is 2.37 bits per heavy atom.